The standard InChI is InChI=1S/C10H20N2O3/c11-3-6-14-7-8-15-9-10(13)12-4-1-2-5-12/h1-9,11H2. The minimum Gasteiger partial charge on any atom is -0.378 e. The fraction of sp³-hybridized carbons (Fsp3) is 0.900. The Hall–Kier alpha value is -0.650. The zero-order chi connectivity index (χ0) is 10.9. The van der Waals surface area contributed by atoms with Gasteiger partial charge in [0.2, 0.25) is 5.91 Å². The highest BCUT2D eigenvalue weighted by Gasteiger charge is 2.17. The van der Waals surface area contributed by atoms with Crippen LogP contribution < -0.4 is 5.73 Å². The molecule has 0 bridgehead atoms. The van der Waals surface area contributed by atoms with Gasteiger partial charge in [0.1, 0.15) is 6.61 Å². The highest BCUT2D eigenvalue weighted by molar-refractivity contribution is 5.77. The first-order valence-electron chi connectivity index (χ1n) is 5.48. The van der Waals surface area contributed by atoms with Gasteiger partial charge in [-0.05, 0) is 12.8 Å². The van der Waals surface area contributed by atoms with Crippen LogP contribution in [0.25, 0.3) is 0 Å². The molecular weight excluding hydrogens is 196 g/mol. The molecule has 0 saturated carbocycles. The summed E-state index contributed by atoms with van der Waals surface area (Å²) in [5, 5.41) is 0. The van der Waals surface area contributed by atoms with Gasteiger partial charge in [0.25, 0.3) is 0 Å². The number of nitrogens with two attached hydrogens (primary N) is 1. The molecule has 0 spiro atoms. The first-order chi connectivity index (χ1) is 7.34. The van der Waals surface area contributed by atoms with Gasteiger partial charge < -0.3 is 20.1 Å². The molecule has 1 aliphatic heterocycles. The molecule has 0 unspecified atom stereocenters. The van der Waals surface area contributed by atoms with Gasteiger partial charge in [-0.3, -0.25) is 4.79 Å². The Kier molecular flexibility index (Phi) is 6.31. The van der Waals surface area contributed by atoms with E-state index in [1.54, 1.807) is 0 Å². The smallest absolute Gasteiger partial charge is 0.248 e. The van der Waals surface area contributed by atoms with Crippen molar-refractivity contribution in [2.45, 2.75) is 12.8 Å². The molecule has 2 N–H and O–H groups in total. The lowest BCUT2D eigenvalue weighted by Crippen LogP contribution is -2.31. The van der Waals surface area contributed by atoms with Crippen molar-refractivity contribution in [1.82, 2.24) is 4.90 Å². The summed E-state index contributed by atoms with van der Waals surface area (Å²) in [5.41, 5.74) is 5.25. The van der Waals surface area contributed by atoms with Crippen LogP contribution in [0.15, 0.2) is 0 Å². The molecule has 0 atom stereocenters. The Morgan fingerprint density at radius 3 is 2.47 bits per heavy atom. The van der Waals surface area contributed by atoms with E-state index in [1.807, 2.05) is 4.90 Å². The quantitative estimate of drug-likeness (QED) is 0.588. The second-order valence-corrected chi connectivity index (χ2v) is 3.54. The average molecular weight is 216 g/mol. The molecule has 88 valence electrons. The SMILES string of the molecule is NCCOCCOCC(=O)N1CCCC1. The maximum atomic E-state index is 11.5. The monoisotopic (exact) mass is 216 g/mol. The Morgan fingerprint density at radius 1 is 1.13 bits per heavy atom. The van der Waals surface area contributed by atoms with Crippen LogP contribution >= 0.6 is 0 Å². The van der Waals surface area contributed by atoms with Gasteiger partial charge in [0, 0.05) is 19.6 Å². The van der Waals surface area contributed by atoms with Gasteiger partial charge in [-0.2, -0.15) is 0 Å². The third kappa shape index (κ3) is 5.11. The van der Waals surface area contributed by atoms with Crippen molar-refractivity contribution in [2.24, 2.45) is 5.73 Å². The number of carbonyl (C=O) groups excluding carboxylic acids is 1. The number of nitrogens with zero attached hydrogens (tertiary/aromatic N) is 1. The molecule has 1 saturated heterocycles. The zero-order valence-corrected chi connectivity index (χ0v) is 9.11. The number of hydrogen-bond donors (Lipinski definition) is 1. The molecule has 0 aromatic heterocycles. The summed E-state index contributed by atoms with van der Waals surface area (Å²) in [5.74, 6) is 0.0892. The number of likely N-dealkylation sites (tertiary alicyclic amines) is 1. The first kappa shape index (κ1) is 12.4. The maximum absolute atomic E-state index is 11.5. The van der Waals surface area contributed by atoms with Crippen molar-refractivity contribution in [3.8, 4) is 0 Å². The van der Waals surface area contributed by atoms with Gasteiger partial charge in [0.15, 0.2) is 0 Å². The van der Waals surface area contributed by atoms with E-state index < -0.39 is 0 Å². The van der Waals surface area contributed by atoms with Gasteiger partial charge >= 0.3 is 0 Å². The van der Waals surface area contributed by atoms with E-state index in [0.29, 0.717) is 26.4 Å². The van der Waals surface area contributed by atoms with E-state index in [1.165, 1.54) is 0 Å². The van der Waals surface area contributed by atoms with Crippen molar-refractivity contribution in [3.05, 3.63) is 0 Å². The summed E-state index contributed by atoms with van der Waals surface area (Å²) in [6.45, 7) is 3.96. The highest BCUT2D eigenvalue weighted by Crippen LogP contribution is 2.07. The predicted octanol–water partition coefficient (Wildman–Crippen LogP) is -0.399. The minimum absolute atomic E-state index is 0.0892. The molecule has 0 aromatic rings. The summed E-state index contributed by atoms with van der Waals surface area (Å²) in [6, 6.07) is 0. The van der Waals surface area contributed by atoms with Crippen molar-refractivity contribution < 1.29 is 14.3 Å². The zero-order valence-electron chi connectivity index (χ0n) is 9.11. The minimum atomic E-state index is 0.0892. The lowest BCUT2D eigenvalue weighted by atomic mass is 10.4. The number of carbonyl (C=O) groups is 1. The van der Waals surface area contributed by atoms with E-state index in [0.717, 1.165) is 25.9 Å². The Labute approximate surface area is 90.5 Å². The molecular formula is C10H20N2O3. The van der Waals surface area contributed by atoms with Crippen LogP contribution in [0.2, 0.25) is 0 Å². The molecule has 1 fully saturated rings. The van der Waals surface area contributed by atoms with Crippen molar-refractivity contribution >= 4 is 5.91 Å². The highest BCUT2D eigenvalue weighted by atomic mass is 16.5. The van der Waals surface area contributed by atoms with Crippen molar-refractivity contribution in [2.75, 3.05) is 46.1 Å². The fourth-order valence-corrected chi connectivity index (χ4v) is 1.52. The molecule has 15 heavy (non-hydrogen) atoms. The van der Waals surface area contributed by atoms with Gasteiger partial charge in [-0.15, -0.1) is 0 Å². The summed E-state index contributed by atoms with van der Waals surface area (Å²) in [6.07, 6.45) is 2.23. The van der Waals surface area contributed by atoms with E-state index >= 15 is 0 Å². The summed E-state index contributed by atoms with van der Waals surface area (Å²) in [4.78, 5) is 13.3. The van der Waals surface area contributed by atoms with Crippen LogP contribution in [0.1, 0.15) is 12.8 Å². The topological polar surface area (TPSA) is 64.8 Å². The van der Waals surface area contributed by atoms with E-state index in [-0.39, 0.29) is 12.5 Å². The second-order valence-electron chi connectivity index (χ2n) is 3.54. The van der Waals surface area contributed by atoms with Crippen LogP contribution in [0.3, 0.4) is 0 Å². The van der Waals surface area contributed by atoms with Crippen LogP contribution in [0.4, 0.5) is 0 Å². The molecule has 1 aliphatic rings. The lowest BCUT2D eigenvalue weighted by molar-refractivity contribution is -0.135. The first-order valence-corrected chi connectivity index (χ1v) is 5.48. The molecule has 0 radical (unpaired) electrons. The number of ether oxygens (including phenoxy) is 2. The van der Waals surface area contributed by atoms with Gasteiger partial charge in [-0.25, -0.2) is 0 Å². The normalized spacial score (nSPS) is 15.9. The summed E-state index contributed by atoms with van der Waals surface area (Å²) in [7, 11) is 0. The number of hydrogen-bond acceptors (Lipinski definition) is 4. The van der Waals surface area contributed by atoms with Crippen LogP contribution in [0, 0.1) is 0 Å². The third-order valence-electron chi connectivity index (χ3n) is 2.32. The lowest BCUT2D eigenvalue weighted by Gasteiger charge is -2.14. The molecule has 0 aliphatic carbocycles. The molecule has 1 amide bonds. The molecule has 1 heterocycles. The Balaban J connectivity index is 1.92. The Bertz CT molecular complexity index is 182. The van der Waals surface area contributed by atoms with E-state index in [2.05, 4.69) is 0 Å². The van der Waals surface area contributed by atoms with Crippen LogP contribution in [0.5, 0.6) is 0 Å². The molecule has 5 nitrogen and oxygen atoms in total. The molecule has 0 aromatic carbocycles. The Morgan fingerprint density at radius 2 is 1.80 bits per heavy atom. The largest absolute Gasteiger partial charge is 0.378 e. The van der Waals surface area contributed by atoms with Crippen molar-refractivity contribution in [1.29, 1.82) is 0 Å². The van der Waals surface area contributed by atoms with Crippen LogP contribution in [-0.2, 0) is 14.3 Å². The predicted molar refractivity (Wildman–Crippen MR) is 56.5 cm³/mol. The van der Waals surface area contributed by atoms with E-state index in [4.69, 9.17) is 15.2 Å². The number of rotatable bonds is 7. The summed E-state index contributed by atoms with van der Waals surface area (Å²) >= 11 is 0. The average Bonchev–Trinajstić information content (AvgIpc) is 2.76. The number of amides is 1. The van der Waals surface area contributed by atoms with Gasteiger partial charge in [-0.1, -0.05) is 0 Å². The third-order valence-corrected chi connectivity index (χ3v) is 2.32. The van der Waals surface area contributed by atoms with Crippen LogP contribution in [-0.4, -0.2) is 56.9 Å². The van der Waals surface area contributed by atoms with Gasteiger partial charge in [0.05, 0.1) is 19.8 Å². The molecule has 5 heteroatoms. The molecule has 1 rings (SSSR count). The van der Waals surface area contributed by atoms with E-state index in [9.17, 15) is 4.79 Å². The summed E-state index contributed by atoms with van der Waals surface area (Å²) < 4.78 is 10.3. The fourth-order valence-electron chi connectivity index (χ4n) is 1.52. The van der Waals surface area contributed by atoms with Crippen molar-refractivity contribution in [3.63, 3.8) is 0 Å². The second kappa shape index (κ2) is 7.62. The maximum Gasteiger partial charge on any atom is 0.248 e.